The summed E-state index contributed by atoms with van der Waals surface area (Å²) in [4.78, 5) is 32.2. The van der Waals surface area contributed by atoms with Crippen molar-refractivity contribution < 1.29 is 42.9 Å². The van der Waals surface area contributed by atoms with E-state index in [0.717, 1.165) is 16.4 Å². The third-order valence-corrected chi connectivity index (χ3v) is 7.63. The van der Waals surface area contributed by atoms with Gasteiger partial charge in [-0.1, -0.05) is 30.3 Å². The molecule has 0 bridgehead atoms. The van der Waals surface area contributed by atoms with Gasteiger partial charge in [-0.15, -0.1) is 0 Å². The molecule has 1 heterocycles. The summed E-state index contributed by atoms with van der Waals surface area (Å²) in [5, 5.41) is 14.4. The van der Waals surface area contributed by atoms with Crippen molar-refractivity contribution in [2.75, 3.05) is 21.3 Å². The molecule has 4 rings (SSSR count). The normalized spacial score (nSPS) is 13.4. The van der Waals surface area contributed by atoms with Gasteiger partial charge < -0.3 is 33.5 Å². The SMILES string of the molecule is COc1cc(CC[C@@H](N[C@@H](Cc2ccc3c(c2)oc2ccccc23)C(=O)O)P(=O)(O)O)cc(OC)c1OC. The molecule has 11 heteroatoms. The molecular formula is C27H30NO9P. The molecule has 0 aliphatic heterocycles. The molecule has 202 valence electrons. The number of benzene rings is 3. The first kappa shape index (κ1) is 27.5. The highest BCUT2D eigenvalue weighted by atomic mass is 31.2. The van der Waals surface area contributed by atoms with Crippen LogP contribution in [-0.4, -0.2) is 54.0 Å². The first-order chi connectivity index (χ1) is 18.1. The number of hydrogen-bond donors (Lipinski definition) is 4. The number of rotatable bonds is 12. The fourth-order valence-corrected chi connectivity index (χ4v) is 5.35. The summed E-state index contributed by atoms with van der Waals surface area (Å²) < 4.78 is 34.2. The monoisotopic (exact) mass is 543 g/mol. The molecule has 0 saturated heterocycles. The number of ether oxygens (including phenoxy) is 3. The Hall–Kier alpha value is -3.56. The quantitative estimate of drug-likeness (QED) is 0.190. The second kappa shape index (κ2) is 11.4. The Labute approximate surface area is 219 Å². The van der Waals surface area contributed by atoms with Crippen molar-refractivity contribution in [3.05, 3.63) is 65.7 Å². The smallest absolute Gasteiger partial charge is 0.342 e. The zero-order chi connectivity index (χ0) is 27.4. The molecule has 2 atom stereocenters. The summed E-state index contributed by atoms with van der Waals surface area (Å²) in [7, 11) is -0.278. The van der Waals surface area contributed by atoms with E-state index in [0.29, 0.717) is 34.0 Å². The van der Waals surface area contributed by atoms with Crippen molar-refractivity contribution in [2.45, 2.75) is 31.1 Å². The zero-order valence-electron chi connectivity index (χ0n) is 21.2. The van der Waals surface area contributed by atoms with Crippen LogP contribution in [0.4, 0.5) is 0 Å². The van der Waals surface area contributed by atoms with Gasteiger partial charge in [0.15, 0.2) is 11.5 Å². The van der Waals surface area contributed by atoms with Crippen molar-refractivity contribution in [3.8, 4) is 17.2 Å². The molecular weight excluding hydrogens is 513 g/mol. The summed E-state index contributed by atoms with van der Waals surface area (Å²) in [5.74, 6) is -1.40. The number of nitrogens with one attached hydrogen (secondary N) is 1. The lowest BCUT2D eigenvalue weighted by molar-refractivity contribution is -0.139. The molecule has 0 aliphatic rings. The summed E-state index contributed by atoms with van der Waals surface area (Å²) in [6.07, 6.45) is 0.190. The molecule has 0 saturated carbocycles. The number of carboxylic acids is 1. The molecule has 1 aromatic heterocycles. The Morgan fingerprint density at radius 2 is 1.58 bits per heavy atom. The van der Waals surface area contributed by atoms with Crippen LogP contribution in [-0.2, 0) is 22.2 Å². The number of para-hydroxylation sites is 1. The van der Waals surface area contributed by atoms with Gasteiger partial charge in [-0.25, -0.2) is 0 Å². The van der Waals surface area contributed by atoms with E-state index in [-0.39, 0.29) is 19.3 Å². The number of furan rings is 1. The van der Waals surface area contributed by atoms with Gasteiger partial charge in [-0.05, 0) is 54.7 Å². The van der Waals surface area contributed by atoms with E-state index >= 15 is 0 Å². The highest BCUT2D eigenvalue weighted by Gasteiger charge is 2.33. The summed E-state index contributed by atoms with van der Waals surface area (Å²) in [6.45, 7) is 0. The maximum absolute atomic E-state index is 12.3. The Kier molecular flexibility index (Phi) is 8.28. The van der Waals surface area contributed by atoms with Crippen LogP contribution in [0.5, 0.6) is 17.2 Å². The average Bonchev–Trinajstić information content (AvgIpc) is 3.26. The number of hydrogen-bond acceptors (Lipinski definition) is 7. The predicted octanol–water partition coefficient (Wildman–Crippen LogP) is 4.33. The Bertz CT molecular complexity index is 1470. The van der Waals surface area contributed by atoms with Crippen LogP contribution in [0.3, 0.4) is 0 Å². The van der Waals surface area contributed by atoms with E-state index in [9.17, 15) is 24.3 Å². The van der Waals surface area contributed by atoms with E-state index in [1.165, 1.54) is 21.3 Å². The Morgan fingerprint density at radius 1 is 0.921 bits per heavy atom. The van der Waals surface area contributed by atoms with Crippen LogP contribution < -0.4 is 19.5 Å². The molecule has 0 fully saturated rings. The molecule has 10 nitrogen and oxygen atoms in total. The van der Waals surface area contributed by atoms with Crippen molar-refractivity contribution in [3.63, 3.8) is 0 Å². The second-order valence-electron chi connectivity index (χ2n) is 8.87. The maximum atomic E-state index is 12.3. The van der Waals surface area contributed by atoms with Crippen LogP contribution in [0.25, 0.3) is 21.9 Å². The van der Waals surface area contributed by atoms with Gasteiger partial charge in [-0.3, -0.25) is 14.7 Å². The fraction of sp³-hybridized carbons (Fsp3) is 0.296. The number of aliphatic carboxylic acids is 1. The number of fused-ring (bicyclic) bond motifs is 3. The van der Waals surface area contributed by atoms with E-state index in [1.807, 2.05) is 30.3 Å². The topological polar surface area (TPSA) is 148 Å². The number of methoxy groups -OCH3 is 3. The van der Waals surface area contributed by atoms with Gasteiger partial charge in [0.25, 0.3) is 0 Å². The fourth-order valence-electron chi connectivity index (χ4n) is 4.51. The molecule has 3 aromatic carbocycles. The van der Waals surface area contributed by atoms with Gasteiger partial charge in [0.1, 0.15) is 23.0 Å². The third-order valence-electron chi connectivity index (χ3n) is 6.41. The minimum absolute atomic E-state index is 0.00298. The van der Waals surface area contributed by atoms with Gasteiger partial charge in [-0.2, -0.15) is 0 Å². The Morgan fingerprint density at radius 3 is 2.18 bits per heavy atom. The van der Waals surface area contributed by atoms with Crippen molar-refractivity contribution in [1.29, 1.82) is 0 Å². The van der Waals surface area contributed by atoms with E-state index in [4.69, 9.17) is 18.6 Å². The average molecular weight is 544 g/mol. The lowest BCUT2D eigenvalue weighted by Gasteiger charge is -2.24. The lowest BCUT2D eigenvalue weighted by atomic mass is 10.0. The van der Waals surface area contributed by atoms with Crippen molar-refractivity contribution in [2.24, 2.45) is 0 Å². The molecule has 0 amide bonds. The molecule has 4 N–H and O–H groups in total. The largest absolute Gasteiger partial charge is 0.493 e. The molecule has 38 heavy (non-hydrogen) atoms. The zero-order valence-corrected chi connectivity index (χ0v) is 22.1. The lowest BCUT2D eigenvalue weighted by Crippen LogP contribution is -2.44. The third kappa shape index (κ3) is 5.95. The Balaban J connectivity index is 1.54. The van der Waals surface area contributed by atoms with Crippen LogP contribution in [0, 0.1) is 0 Å². The summed E-state index contributed by atoms with van der Waals surface area (Å²) >= 11 is 0. The minimum atomic E-state index is -4.70. The molecule has 4 aromatic rings. The minimum Gasteiger partial charge on any atom is -0.493 e. The van der Waals surface area contributed by atoms with Gasteiger partial charge in [0, 0.05) is 10.8 Å². The van der Waals surface area contributed by atoms with Gasteiger partial charge in [0.2, 0.25) is 5.75 Å². The van der Waals surface area contributed by atoms with Crippen LogP contribution in [0.1, 0.15) is 17.5 Å². The van der Waals surface area contributed by atoms with Crippen LogP contribution in [0.2, 0.25) is 0 Å². The van der Waals surface area contributed by atoms with E-state index in [1.54, 1.807) is 24.3 Å². The highest BCUT2D eigenvalue weighted by Crippen LogP contribution is 2.43. The van der Waals surface area contributed by atoms with Crippen LogP contribution in [0.15, 0.2) is 59.0 Å². The molecule has 0 radical (unpaired) electrons. The van der Waals surface area contributed by atoms with Crippen molar-refractivity contribution in [1.82, 2.24) is 5.32 Å². The van der Waals surface area contributed by atoms with Gasteiger partial charge in [0.05, 0.1) is 21.3 Å². The second-order valence-corrected chi connectivity index (χ2v) is 10.7. The molecule has 0 spiro atoms. The summed E-state index contributed by atoms with van der Waals surface area (Å²) in [6, 6.07) is 15.1. The van der Waals surface area contributed by atoms with Crippen molar-refractivity contribution >= 4 is 35.5 Å². The summed E-state index contributed by atoms with van der Waals surface area (Å²) in [5.41, 5.74) is 2.68. The molecule has 0 aliphatic carbocycles. The number of aryl methyl sites for hydroxylation is 1. The first-order valence-electron chi connectivity index (χ1n) is 11.9. The molecule has 0 unspecified atom stereocenters. The predicted molar refractivity (Wildman–Crippen MR) is 142 cm³/mol. The van der Waals surface area contributed by atoms with E-state index in [2.05, 4.69) is 5.32 Å². The number of carbonyl (C=O) groups is 1. The van der Waals surface area contributed by atoms with E-state index < -0.39 is 25.4 Å². The van der Waals surface area contributed by atoms with Gasteiger partial charge >= 0.3 is 13.6 Å². The first-order valence-corrected chi connectivity index (χ1v) is 13.6. The standard InChI is InChI=1S/C27H30NO9P/c1-34-23-14-17(15-24(35-2)26(23)36-3)9-11-25(38(31,32)33)28-20(27(29)30)12-16-8-10-19-18-6-4-5-7-21(18)37-22(19)13-16/h4-8,10,13-15,20,25,28H,9,11-12H2,1-3H3,(H,29,30)(H2,31,32,33)/t20-,25-/m0/s1. The number of carboxylic acid groups (broad SMARTS) is 1. The maximum Gasteiger partial charge on any atom is 0.342 e. The van der Waals surface area contributed by atoms with Crippen LogP contribution >= 0.6 is 7.60 Å². The highest BCUT2D eigenvalue weighted by molar-refractivity contribution is 7.52.